The Labute approximate surface area is 117 Å². The number of nitrogen functional groups attached to an aromatic ring is 1. The van der Waals surface area contributed by atoms with Gasteiger partial charge in [-0.05, 0) is 15.9 Å². The number of anilines is 1. The third-order valence-electron chi connectivity index (χ3n) is 3.29. The van der Waals surface area contributed by atoms with Crippen LogP contribution in [0, 0.1) is 0 Å². The summed E-state index contributed by atoms with van der Waals surface area (Å²) >= 11 is 3.41. The lowest BCUT2D eigenvalue weighted by Gasteiger charge is -2.14. The number of hydrogen-bond acceptors (Lipinski definition) is 6. The normalized spacial score (nSPS) is 27.2. The van der Waals surface area contributed by atoms with Gasteiger partial charge in [0.05, 0.1) is 18.1 Å². The molecule has 3 rings (SSSR count). The van der Waals surface area contributed by atoms with Crippen molar-refractivity contribution >= 4 is 32.8 Å². The first-order valence-corrected chi connectivity index (χ1v) is 6.62. The second-order valence-corrected chi connectivity index (χ2v) is 5.31. The summed E-state index contributed by atoms with van der Waals surface area (Å²) in [5, 5.41) is 19.6. The Hall–Kier alpha value is -1.22. The van der Waals surface area contributed by atoms with E-state index in [0.29, 0.717) is 23.3 Å². The number of aromatic nitrogens is 3. The van der Waals surface area contributed by atoms with E-state index in [1.807, 2.05) is 0 Å². The van der Waals surface area contributed by atoms with Gasteiger partial charge in [-0.1, -0.05) is 0 Å². The van der Waals surface area contributed by atoms with E-state index in [1.54, 1.807) is 10.8 Å². The fourth-order valence-electron chi connectivity index (χ4n) is 2.33. The number of nitrogens with two attached hydrogens (primary N) is 1. The number of ether oxygens (including phenoxy) is 1. The first kappa shape index (κ1) is 12.8. The molecular weight excluding hydrogens is 316 g/mol. The van der Waals surface area contributed by atoms with Crippen LogP contribution in [0.3, 0.4) is 0 Å². The smallest absolute Gasteiger partial charge is 0.148 e. The highest BCUT2D eigenvalue weighted by Gasteiger charge is 2.35. The number of aliphatic hydroxyl groups is 2. The van der Waals surface area contributed by atoms with Crippen LogP contribution in [0.15, 0.2) is 17.0 Å². The number of aliphatic hydroxyl groups excluding tert-OH is 2. The van der Waals surface area contributed by atoms with Crippen molar-refractivity contribution in [3.8, 4) is 0 Å². The minimum absolute atomic E-state index is 0.213. The zero-order valence-electron chi connectivity index (χ0n) is 9.90. The van der Waals surface area contributed by atoms with Crippen LogP contribution in [0.1, 0.15) is 12.6 Å². The van der Waals surface area contributed by atoms with Gasteiger partial charge in [0.15, 0.2) is 0 Å². The van der Waals surface area contributed by atoms with Gasteiger partial charge in [-0.25, -0.2) is 9.97 Å². The Morgan fingerprint density at radius 2 is 2.32 bits per heavy atom. The van der Waals surface area contributed by atoms with Gasteiger partial charge in [0.25, 0.3) is 0 Å². The maximum absolute atomic E-state index is 9.79. The van der Waals surface area contributed by atoms with Crippen molar-refractivity contribution in [1.29, 1.82) is 0 Å². The topological polar surface area (TPSA) is 106 Å². The third-order valence-corrected chi connectivity index (χ3v) is 3.89. The van der Waals surface area contributed by atoms with Crippen molar-refractivity contribution in [2.45, 2.75) is 24.9 Å². The minimum atomic E-state index is -0.689. The predicted octanol–water partition coefficient (Wildman–Crippen LogP) is 0.417. The second kappa shape index (κ2) is 4.71. The molecule has 2 aromatic heterocycles. The molecule has 0 bridgehead atoms. The Morgan fingerprint density at radius 1 is 1.53 bits per heavy atom. The van der Waals surface area contributed by atoms with Gasteiger partial charge in [-0.3, -0.25) is 0 Å². The Bertz CT molecular complexity index is 617. The van der Waals surface area contributed by atoms with Crippen LogP contribution in [0.2, 0.25) is 0 Å². The standard InChI is InChI=1S/C11H13BrN4O3/c12-5-2-16(8-1-6(18)7(3-17)19-8)11-9(5)10(13)14-4-15-11/h2,4,6-8,17-18H,1,3H2,(H2,13,14,15)/t6-,7-,8+/m1/s1. The Balaban J connectivity index is 2.05. The molecule has 1 saturated heterocycles. The van der Waals surface area contributed by atoms with Crippen LogP contribution in [0.4, 0.5) is 5.82 Å². The summed E-state index contributed by atoms with van der Waals surface area (Å²) in [6.45, 7) is -0.213. The molecule has 3 atom stereocenters. The molecule has 2 aromatic rings. The average molecular weight is 329 g/mol. The van der Waals surface area contributed by atoms with E-state index in [0.717, 1.165) is 4.47 Å². The lowest BCUT2D eigenvalue weighted by molar-refractivity contribution is -0.0430. The van der Waals surface area contributed by atoms with Gasteiger partial charge >= 0.3 is 0 Å². The van der Waals surface area contributed by atoms with E-state index in [1.165, 1.54) is 6.33 Å². The maximum Gasteiger partial charge on any atom is 0.148 e. The number of rotatable bonds is 2. The van der Waals surface area contributed by atoms with Crippen LogP contribution in [0.5, 0.6) is 0 Å². The summed E-state index contributed by atoms with van der Waals surface area (Å²) in [7, 11) is 0. The Kier molecular flexibility index (Phi) is 3.17. The van der Waals surface area contributed by atoms with Gasteiger partial charge < -0.3 is 25.3 Å². The molecule has 0 unspecified atom stereocenters. The quantitative estimate of drug-likeness (QED) is 0.737. The van der Waals surface area contributed by atoms with E-state index in [2.05, 4.69) is 25.9 Å². The van der Waals surface area contributed by atoms with Crippen molar-refractivity contribution < 1.29 is 14.9 Å². The highest BCUT2D eigenvalue weighted by molar-refractivity contribution is 9.10. The number of halogens is 1. The molecule has 8 heteroatoms. The van der Waals surface area contributed by atoms with Crippen molar-refractivity contribution in [3.63, 3.8) is 0 Å². The summed E-state index contributed by atoms with van der Waals surface area (Å²) in [4.78, 5) is 8.15. The predicted molar refractivity (Wildman–Crippen MR) is 71.3 cm³/mol. The van der Waals surface area contributed by atoms with Crippen molar-refractivity contribution in [2.24, 2.45) is 0 Å². The molecular formula is C11H13BrN4O3. The SMILES string of the molecule is Nc1ncnc2c1c(Br)cn2[C@@H]1C[C@@H](O)[C@@H](CO)O1. The first-order valence-electron chi connectivity index (χ1n) is 5.82. The van der Waals surface area contributed by atoms with E-state index in [4.69, 9.17) is 15.6 Å². The van der Waals surface area contributed by atoms with Crippen molar-refractivity contribution in [2.75, 3.05) is 12.3 Å². The highest BCUT2D eigenvalue weighted by Crippen LogP contribution is 2.35. The van der Waals surface area contributed by atoms with Gasteiger partial charge in [0, 0.05) is 17.1 Å². The molecule has 0 aliphatic carbocycles. The van der Waals surface area contributed by atoms with Gasteiger partial charge in [-0.15, -0.1) is 0 Å². The lowest BCUT2D eigenvalue weighted by atomic mass is 10.2. The van der Waals surface area contributed by atoms with E-state index >= 15 is 0 Å². The molecule has 0 saturated carbocycles. The molecule has 0 aromatic carbocycles. The van der Waals surface area contributed by atoms with Crippen LogP contribution >= 0.6 is 15.9 Å². The summed E-state index contributed by atoms with van der Waals surface area (Å²) in [5.41, 5.74) is 6.46. The fraction of sp³-hybridized carbons (Fsp3) is 0.455. The zero-order chi connectivity index (χ0) is 13.6. The van der Waals surface area contributed by atoms with Crippen molar-refractivity contribution in [3.05, 3.63) is 17.0 Å². The number of fused-ring (bicyclic) bond motifs is 1. The maximum atomic E-state index is 9.79. The molecule has 0 spiro atoms. The molecule has 1 fully saturated rings. The molecule has 4 N–H and O–H groups in total. The molecule has 7 nitrogen and oxygen atoms in total. The second-order valence-electron chi connectivity index (χ2n) is 4.46. The summed E-state index contributed by atoms with van der Waals surface area (Å²) in [6.07, 6.45) is 1.94. The molecule has 0 radical (unpaired) electrons. The summed E-state index contributed by atoms with van der Waals surface area (Å²) in [5.74, 6) is 0.382. The van der Waals surface area contributed by atoms with E-state index in [9.17, 15) is 5.11 Å². The van der Waals surface area contributed by atoms with Gasteiger partial charge in [0.2, 0.25) is 0 Å². The largest absolute Gasteiger partial charge is 0.394 e. The molecule has 1 aliphatic heterocycles. The molecule has 102 valence electrons. The number of nitrogens with zero attached hydrogens (tertiary/aromatic N) is 3. The van der Waals surface area contributed by atoms with Crippen LogP contribution in [-0.4, -0.2) is 43.6 Å². The van der Waals surface area contributed by atoms with Crippen LogP contribution < -0.4 is 5.73 Å². The lowest BCUT2D eigenvalue weighted by Crippen LogP contribution is -2.24. The third kappa shape index (κ3) is 2.00. The number of hydrogen-bond donors (Lipinski definition) is 3. The minimum Gasteiger partial charge on any atom is -0.394 e. The molecule has 19 heavy (non-hydrogen) atoms. The Morgan fingerprint density at radius 3 is 3.00 bits per heavy atom. The van der Waals surface area contributed by atoms with Gasteiger partial charge in [-0.2, -0.15) is 0 Å². The van der Waals surface area contributed by atoms with Crippen molar-refractivity contribution in [1.82, 2.24) is 14.5 Å². The molecule has 3 heterocycles. The average Bonchev–Trinajstić information content (AvgIpc) is 2.91. The van der Waals surface area contributed by atoms with Gasteiger partial charge in [0.1, 0.15) is 30.1 Å². The van der Waals surface area contributed by atoms with Crippen LogP contribution in [-0.2, 0) is 4.74 Å². The highest BCUT2D eigenvalue weighted by atomic mass is 79.9. The van der Waals surface area contributed by atoms with E-state index in [-0.39, 0.29) is 12.8 Å². The zero-order valence-corrected chi connectivity index (χ0v) is 11.5. The molecule has 1 aliphatic rings. The first-order chi connectivity index (χ1) is 9.11. The summed E-state index contributed by atoms with van der Waals surface area (Å²) in [6, 6.07) is 0. The van der Waals surface area contributed by atoms with E-state index < -0.39 is 12.2 Å². The summed E-state index contributed by atoms with van der Waals surface area (Å²) < 4.78 is 8.17. The monoisotopic (exact) mass is 328 g/mol. The fourth-order valence-corrected chi connectivity index (χ4v) is 2.93. The van der Waals surface area contributed by atoms with Crippen LogP contribution in [0.25, 0.3) is 11.0 Å². The molecule has 0 amide bonds.